The van der Waals surface area contributed by atoms with Crippen molar-refractivity contribution in [2.45, 2.75) is 83.1 Å². The zero-order valence-electron chi connectivity index (χ0n) is 21.7. The van der Waals surface area contributed by atoms with E-state index in [2.05, 4.69) is 34.6 Å². The number of hydrogen-bond acceptors (Lipinski definition) is 6. The molecule has 1 saturated heterocycles. The van der Waals surface area contributed by atoms with Crippen LogP contribution in [0.5, 0.6) is 5.75 Å². The third-order valence-electron chi connectivity index (χ3n) is 6.43. The number of benzene rings is 1. The molecule has 2 aromatic rings. The van der Waals surface area contributed by atoms with Crippen molar-refractivity contribution in [2.75, 3.05) is 13.1 Å². The molecule has 0 spiro atoms. The van der Waals surface area contributed by atoms with E-state index >= 15 is 0 Å². The minimum absolute atomic E-state index is 0.155. The lowest BCUT2D eigenvalue weighted by Gasteiger charge is -2.34. The number of aromatic nitrogens is 1. The molecule has 2 amide bonds. The van der Waals surface area contributed by atoms with Crippen LogP contribution in [0.1, 0.15) is 87.0 Å². The first-order valence-corrected chi connectivity index (χ1v) is 12.9. The molecule has 3 atom stereocenters. The van der Waals surface area contributed by atoms with Crippen LogP contribution in [0.15, 0.2) is 42.6 Å². The maximum Gasteiger partial charge on any atom is 0.410 e. The number of hydrogen-bond donors (Lipinski definition) is 2. The molecule has 8 heteroatoms. The highest BCUT2D eigenvalue weighted by atomic mass is 16.6. The summed E-state index contributed by atoms with van der Waals surface area (Å²) in [6.45, 7) is 8.48. The highest BCUT2D eigenvalue weighted by molar-refractivity contribution is 5.92. The van der Waals surface area contributed by atoms with Crippen LogP contribution in [0.4, 0.5) is 4.79 Å². The zero-order valence-corrected chi connectivity index (χ0v) is 21.7. The lowest BCUT2D eigenvalue weighted by atomic mass is 10.0. The van der Waals surface area contributed by atoms with E-state index in [1.54, 1.807) is 23.2 Å². The standard InChI is InChI=1S/C28H38N4O4/c1-18(29)25(21-11-9-20(10-12-21)19-7-8-19)35-23-13-14-24(30-16-23)26(33)31-22-6-5-15-32(17-22)27(34)36-28(2,3)4/h9-14,16,18-19,22,25H,5-8,15,17,29H2,1-4H3,(H,31,33)/t18-,22-,25-/m0/s1. The smallest absolute Gasteiger partial charge is 0.410 e. The molecule has 4 rings (SSSR count). The number of pyridine rings is 1. The highest BCUT2D eigenvalue weighted by Crippen LogP contribution is 2.40. The molecule has 2 heterocycles. The van der Waals surface area contributed by atoms with Crippen molar-refractivity contribution >= 4 is 12.0 Å². The third kappa shape index (κ3) is 6.97. The maximum atomic E-state index is 12.8. The summed E-state index contributed by atoms with van der Waals surface area (Å²) in [4.78, 5) is 31.2. The van der Waals surface area contributed by atoms with Gasteiger partial charge < -0.3 is 25.4 Å². The summed E-state index contributed by atoms with van der Waals surface area (Å²) < 4.78 is 11.6. The molecule has 0 unspecified atom stereocenters. The Labute approximate surface area is 213 Å². The van der Waals surface area contributed by atoms with Crippen molar-refractivity contribution < 1.29 is 19.1 Å². The van der Waals surface area contributed by atoms with Gasteiger partial charge in [-0.25, -0.2) is 9.78 Å². The average Bonchev–Trinajstić information content (AvgIpc) is 3.68. The second kappa shape index (κ2) is 10.9. The fourth-order valence-electron chi connectivity index (χ4n) is 4.43. The lowest BCUT2D eigenvalue weighted by Crippen LogP contribution is -2.50. The van der Waals surface area contributed by atoms with Gasteiger partial charge in [-0.05, 0) is 82.6 Å². The number of carbonyl (C=O) groups is 2. The molecule has 0 bridgehead atoms. The summed E-state index contributed by atoms with van der Waals surface area (Å²) in [5, 5.41) is 2.99. The quantitative estimate of drug-likeness (QED) is 0.585. The van der Waals surface area contributed by atoms with Crippen LogP contribution >= 0.6 is 0 Å². The molecule has 194 valence electrons. The van der Waals surface area contributed by atoms with Gasteiger partial charge in [0.25, 0.3) is 5.91 Å². The van der Waals surface area contributed by atoms with Crippen LogP contribution in [0, 0.1) is 0 Å². The summed E-state index contributed by atoms with van der Waals surface area (Å²) in [7, 11) is 0. The first kappa shape index (κ1) is 25.9. The molecule has 36 heavy (non-hydrogen) atoms. The monoisotopic (exact) mass is 494 g/mol. The first-order chi connectivity index (χ1) is 17.1. The highest BCUT2D eigenvalue weighted by Gasteiger charge is 2.29. The van der Waals surface area contributed by atoms with Crippen LogP contribution in [0.2, 0.25) is 0 Å². The third-order valence-corrected chi connectivity index (χ3v) is 6.43. The van der Waals surface area contributed by atoms with E-state index in [-0.39, 0.29) is 30.2 Å². The minimum Gasteiger partial charge on any atom is -0.482 e. The number of nitrogens with one attached hydrogen (secondary N) is 1. The van der Waals surface area contributed by atoms with E-state index in [4.69, 9.17) is 15.2 Å². The van der Waals surface area contributed by atoms with Crippen molar-refractivity contribution in [2.24, 2.45) is 5.73 Å². The largest absolute Gasteiger partial charge is 0.482 e. The summed E-state index contributed by atoms with van der Waals surface area (Å²) in [6.07, 6.45) is 5.00. The van der Waals surface area contributed by atoms with Gasteiger partial charge in [0.15, 0.2) is 0 Å². The van der Waals surface area contributed by atoms with Gasteiger partial charge in [0, 0.05) is 25.2 Å². The van der Waals surface area contributed by atoms with E-state index in [1.165, 1.54) is 18.4 Å². The van der Waals surface area contributed by atoms with Gasteiger partial charge >= 0.3 is 6.09 Å². The van der Waals surface area contributed by atoms with Gasteiger partial charge in [0.1, 0.15) is 23.1 Å². The number of rotatable bonds is 7. The number of carbonyl (C=O) groups excluding carboxylic acids is 2. The zero-order chi connectivity index (χ0) is 25.9. The van der Waals surface area contributed by atoms with Gasteiger partial charge in [-0.15, -0.1) is 0 Å². The van der Waals surface area contributed by atoms with Gasteiger partial charge in [-0.3, -0.25) is 4.79 Å². The Morgan fingerprint density at radius 1 is 1.11 bits per heavy atom. The normalized spacial score (nSPS) is 19.8. The Balaban J connectivity index is 1.33. The predicted molar refractivity (Wildman–Crippen MR) is 138 cm³/mol. The fourth-order valence-corrected chi connectivity index (χ4v) is 4.43. The number of nitrogens with zero attached hydrogens (tertiary/aromatic N) is 2. The van der Waals surface area contributed by atoms with Crippen molar-refractivity contribution in [1.82, 2.24) is 15.2 Å². The SMILES string of the molecule is C[C@H](N)[C@H](Oc1ccc(C(=O)N[C@H]2CCCN(C(=O)OC(C)(C)C)C2)nc1)c1ccc(C2CC2)cc1. The van der Waals surface area contributed by atoms with Crippen LogP contribution in [-0.2, 0) is 4.74 Å². The Morgan fingerprint density at radius 3 is 2.42 bits per heavy atom. The summed E-state index contributed by atoms with van der Waals surface area (Å²) in [6, 6.07) is 11.5. The van der Waals surface area contributed by atoms with Gasteiger partial charge in [-0.1, -0.05) is 24.3 Å². The molecule has 1 aliphatic heterocycles. The molecule has 8 nitrogen and oxygen atoms in total. The number of nitrogens with two attached hydrogens (primary N) is 1. The molecule has 1 saturated carbocycles. The lowest BCUT2D eigenvalue weighted by molar-refractivity contribution is 0.0185. The maximum absolute atomic E-state index is 12.8. The summed E-state index contributed by atoms with van der Waals surface area (Å²) in [5.74, 6) is 0.969. The number of ether oxygens (including phenoxy) is 2. The van der Waals surface area contributed by atoms with Crippen molar-refractivity contribution in [3.63, 3.8) is 0 Å². The van der Waals surface area contributed by atoms with Crippen LogP contribution in [-0.4, -0.2) is 52.7 Å². The molecule has 2 fully saturated rings. The van der Waals surface area contributed by atoms with Crippen molar-refractivity contribution in [1.29, 1.82) is 0 Å². The Hall–Kier alpha value is -3.13. The molecular weight excluding hydrogens is 456 g/mol. The molecule has 1 aromatic carbocycles. The fraction of sp³-hybridized carbons (Fsp3) is 0.536. The van der Waals surface area contributed by atoms with Crippen LogP contribution in [0.25, 0.3) is 0 Å². The second-order valence-corrected chi connectivity index (χ2v) is 11.0. The van der Waals surface area contributed by atoms with Gasteiger partial charge in [0.05, 0.1) is 6.20 Å². The number of piperidine rings is 1. The topological polar surface area (TPSA) is 107 Å². The number of likely N-dealkylation sites (tertiary alicyclic amines) is 1. The predicted octanol–water partition coefficient (Wildman–Crippen LogP) is 4.56. The molecule has 1 aromatic heterocycles. The summed E-state index contributed by atoms with van der Waals surface area (Å²) >= 11 is 0. The number of amides is 2. The minimum atomic E-state index is -0.554. The van der Waals surface area contributed by atoms with E-state index < -0.39 is 5.60 Å². The average molecular weight is 495 g/mol. The van der Waals surface area contributed by atoms with E-state index in [0.29, 0.717) is 30.5 Å². The van der Waals surface area contributed by atoms with Crippen LogP contribution in [0.3, 0.4) is 0 Å². The molecule has 1 aliphatic carbocycles. The first-order valence-electron chi connectivity index (χ1n) is 12.9. The molecular formula is C28H38N4O4. The molecule has 3 N–H and O–H groups in total. The summed E-state index contributed by atoms with van der Waals surface area (Å²) in [5.41, 5.74) is 8.35. The molecule has 0 radical (unpaired) electrons. The Bertz CT molecular complexity index is 1040. The van der Waals surface area contributed by atoms with E-state index in [9.17, 15) is 9.59 Å². The van der Waals surface area contributed by atoms with E-state index in [1.807, 2.05) is 27.7 Å². The van der Waals surface area contributed by atoms with E-state index in [0.717, 1.165) is 18.4 Å². The van der Waals surface area contributed by atoms with Gasteiger partial charge in [-0.2, -0.15) is 0 Å². The second-order valence-electron chi connectivity index (χ2n) is 11.0. The van der Waals surface area contributed by atoms with Crippen molar-refractivity contribution in [3.8, 4) is 5.75 Å². The Morgan fingerprint density at radius 2 is 1.83 bits per heavy atom. The molecule has 2 aliphatic rings. The Kier molecular flexibility index (Phi) is 7.83. The van der Waals surface area contributed by atoms with Gasteiger partial charge in [0.2, 0.25) is 0 Å². The van der Waals surface area contributed by atoms with Crippen molar-refractivity contribution in [3.05, 3.63) is 59.4 Å². The van der Waals surface area contributed by atoms with Crippen LogP contribution < -0.4 is 15.8 Å².